The number of hydrogen-bond acceptors (Lipinski definition) is 9. The first-order valence-electron chi connectivity index (χ1n) is 11.6. The summed E-state index contributed by atoms with van der Waals surface area (Å²) in [5.74, 6) is -0.421. The van der Waals surface area contributed by atoms with Gasteiger partial charge in [-0.05, 0) is 42.5 Å². The molecular formula is C28H25N3O7. The third kappa shape index (κ3) is 5.08. The molecule has 0 spiro atoms. The fraction of sp³-hybridized carbons (Fsp3) is 0.214. The lowest BCUT2D eigenvalue weighted by atomic mass is 10.0. The Morgan fingerprint density at radius 2 is 1.53 bits per heavy atom. The van der Waals surface area contributed by atoms with Crippen molar-refractivity contribution in [3.63, 3.8) is 0 Å². The van der Waals surface area contributed by atoms with Gasteiger partial charge in [-0.2, -0.15) is 5.26 Å². The zero-order valence-corrected chi connectivity index (χ0v) is 21.0. The van der Waals surface area contributed by atoms with Gasteiger partial charge in [-0.25, -0.2) is 4.79 Å². The Kier molecular flexibility index (Phi) is 7.77. The number of carbonyl (C=O) groups is 3. The molecule has 1 heterocycles. The summed E-state index contributed by atoms with van der Waals surface area (Å²) < 4.78 is 21.9. The maximum Gasteiger partial charge on any atom is 0.333 e. The largest absolute Gasteiger partial charge is 0.493 e. The monoisotopic (exact) mass is 515 g/mol. The zero-order chi connectivity index (χ0) is 27.2. The summed E-state index contributed by atoms with van der Waals surface area (Å²) in [5.41, 5.74) is 2.10. The van der Waals surface area contributed by atoms with Crippen molar-refractivity contribution in [3.8, 4) is 23.3 Å². The summed E-state index contributed by atoms with van der Waals surface area (Å²) in [6.07, 6.45) is 0. The Balaban J connectivity index is 1.62. The molecule has 0 radical (unpaired) electrons. The number of benzene rings is 3. The average molecular weight is 516 g/mol. The van der Waals surface area contributed by atoms with Crippen LogP contribution < -0.4 is 19.5 Å². The summed E-state index contributed by atoms with van der Waals surface area (Å²) in [6.45, 7) is -0.0508. The molecule has 10 heteroatoms. The second kappa shape index (κ2) is 11.3. The molecule has 0 aliphatic carbocycles. The summed E-state index contributed by atoms with van der Waals surface area (Å²) in [4.78, 5) is 39.4. The van der Waals surface area contributed by atoms with Gasteiger partial charge in [0, 0.05) is 17.3 Å². The number of amides is 2. The van der Waals surface area contributed by atoms with Crippen LogP contribution in [0.4, 0.5) is 5.69 Å². The van der Waals surface area contributed by atoms with Gasteiger partial charge in [0.1, 0.15) is 12.4 Å². The van der Waals surface area contributed by atoms with Crippen LogP contribution in [0.3, 0.4) is 0 Å². The first-order valence-corrected chi connectivity index (χ1v) is 11.6. The van der Waals surface area contributed by atoms with E-state index in [1.54, 1.807) is 60.7 Å². The smallest absolute Gasteiger partial charge is 0.333 e. The molecule has 1 unspecified atom stereocenters. The number of rotatable bonds is 10. The zero-order valence-electron chi connectivity index (χ0n) is 21.0. The number of nitrogens with zero attached hydrogens (tertiary/aromatic N) is 2. The molecule has 0 saturated carbocycles. The highest BCUT2D eigenvalue weighted by atomic mass is 16.5. The predicted molar refractivity (Wildman–Crippen MR) is 136 cm³/mol. The minimum absolute atomic E-state index is 0.00786. The van der Waals surface area contributed by atoms with Crippen molar-refractivity contribution in [2.45, 2.75) is 6.04 Å². The molecule has 4 rings (SSSR count). The Bertz CT molecular complexity index is 1380. The lowest BCUT2D eigenvalue weighted by Gasteiger charge is -2.23. The molecule has 2 amide bonds. The highest BCUT2D eigenvalue weighted by Gasteiger charge is 2.35. The third-order valence-corrected chi connectivity index (χ3v) is 6.04. The van der Waals surface area contributed by atoms with E-state index in [0.29, 0.717) is 39.4 Å². The normalized spacial score (nSPS) is 12.8. The third-order valence-electron chi connectivity index (χ3n) is 6.04. The summed E-state index contributed by atoms with van der Waals surface area (Å²) >= 11 is 0. The van der Waals surface area contributed by atoms with E-state index in [9.17, 15) is 14.4 Å². The van der Waals surface area contributed by atoms with Gasteiger partial charge < -0.3 is 24.3 Å². The summed E-state index contributed by atoms with van der Waals surface area (Å²) in [6, 6.07) is 17.4. The number of fused-ring (bicyclic) bond motifs is 1. The van der Waals surface area contributed by atoms with E-state index in [1.165, 1.54) is 21.3 Å². The Morgan fingerprint density at radius 1 is 0.921 bits per heavy atom. The first-order chi connectivity index (χ1) is 18.4. The Hall–Kier alpha value is -5.04. The standard InChI is InChI=1S/C28H25N3O7/c1-35-23-14-21(25(28(34)37-3)30-18-10-8-17(16-29)9-11-18)22(15-24(23)36-2)38-13-12-31-26(32)19-6-4-5-7-20(19)27(31)33/h4-11,14-15,25,30H,12-13H2,1-3H3. The van der Waals surface area contributed by atoms with E-state index in [2.05, 4.69) is 5.32 Å². The van der Waals surface area contributed by atoms with E-state index in [4.69, 9.17) is 24.2 Å². The lowest BCUT2D eigenvalue weighted by molar-refractivity contribution is -0.141. The highest BCUT2D eigenvalue weighted by Crippen LogP contribution is 2.39. The van der Waals surface area contributed by atoms with Crippen LogP contribution in [0.15, 0.2) is 60.7 Å². The summed E-state index contributed by atoms with van der Waals surface area (Å²) in [5, 5.41) is 12.2. The van der Waals surface area contributed by atoms with Gasteiger partial charge in [-0.1, -0.05) is 12.1 Å². The number of esters is 1. The number of hydrogen-bond donors (Lipinski definition) is 1. The van der Waals surface area contributed by atoms with Gasteiger partial charge >= 0.3 is 5.97 Å². The van der Waals surface area contributed by atoms with Crippen LogP contribution in [0.25, 0.3) is 0 Å². The number of nitriles is 1. The van der Waals surface area contributed by atoms with Crippen LogP contribution in [0, 0.1) is 11.3 Å². The average Bonchev–Trinajstić information content (AvgIpc) is 3.20. The molecule has 0 fully saturated rings. The van der Waals surface area contributed by atoms with Crippen molar-refractivity contribution < 1.29 is 33.3 Å². The van der Waals surface area contributed by atoms with Gasteiger partial charge in [0.25, 0.3) is 11.8 Å². The number of carbonyl (C=O) groups excluding carboxylic acids is 3. The van der Waals surface area contributed by atoms with E-state index >= 15 is 0 Å². The van der Waals surface area contributed by atoms with Crippen LogP contribution >= 0.6 is 0 Å². The van der Waals surface area contributed by atoms with Crippen molar-refractivity contribution in [2.75, 3.05) is 39.8 Å². The highest BCUT2D eigenvalue weighted by molar-refractivity contribution is 6.21. The topological polar surface area (TPSA) is 127 Å². The number of ether oxygens (including phenoxy) is 4. The second-order valence-electron chi connectivity index (χ2n) is 8.19. The SMILES string of the molecule is COC(=O)C(Nc1ccc(C#N)cc1)c1cc(OC)c(OC)cc1OCCN1C(=O)c2ccccc2C1=O. The fourth-order valence-corrected chi connectivity index (χ4v) is 4.10. The Labute approximate surface area is 219 Å². The van der Waals surface area contributed by atoms with Crippen LogP contribution in [0.1, 0.15) is 37.9 Å². The molecular weight excluding hydrogens is 490 g/mol. The van der Waals surface area contributed by atoms with E-state index in [-0.39, 0.29) is 18.9 Å². The first kappa shape index (κ1) is 26.0. The van der Waals surface area contributed by atoms with Crippen LogP contribution in [0.5, 0.6) is 17.2 Å². The molecule has 1 aliphatic rings. The fourth-order valence-electron chi connectivity index (χ4n) is 4.10. The molecule has 1 N–H and O–H groups in total. The van der Waals surface area contributed by atoms with Gasteiger partial charge in [-0.3, -0.25) is 14.5 Å². The lowest BCUT2D eigenvalue weighted by Crippen LogP contribution is -2.33. The van der Waals surface area contributed by atoms with Crippen LogP contribution in [-0.2, 0) is 9.53 Å². The molecule has 0 saturated heterocycles. The maximum absolute atomic E-state index is 12.9. The number of methoxy groups -OCH3 is 3. The van der Waals surface area contributed by atoms with Gasteiger partial charge in [0.05, 0.1) is 50.6 Å². The molecule has 3 aromatic rings. The predicted octanol–water partition coefficient (Wildman–Crippen LogP) is 3.58. The van der Waals surface area contributed by atoms with Crippen molar-refractivity contribution in [3.05, 3.63) is 82.9 Å². The van der Waals surface area contributed by atoms with Crippen molar-refractivity contribution in [2.24, 2.45) is 0 Å². The van der Waals surface area contributed by atoms with Crippen LogP contribution in [0.2, 0.25) is 0 Å². The van der Waals surface area contributed by atoms with Gasteiger partial charge in [0.15, 0.2) is 17.5 Å². The minimum Gasteiger partial charge on any atom is -0.493 e. The molecule has 0 bridgehead atoms. The molecule has 10 nitrogen and oxygen atoms in total. The Morgan fingerprint density at radius 3 is 2.08 bits per heavy atom. The number of imide groups is 1. The van der Waals surface area contributed by atoms with E-state index in [0.717, 1.165) is 4.90 Å². The molecule has 1 aliphatic heterocycles. The van der Waals surface area contributed by atoms with Gasteiger partial charge in [0.2, 0.25) is 0 Å². The number of nitrogens with one attached hydrogen (secondary N) is 1. The molecule has 0 aromatic heterocycles. The van der Waals surface area contributed by atoms with Crippen molar-refractivity contribution in [1.82, 2.24) is 4.90 Å². The van der Waals surface area contributed by atoms with Gasteiger partial charge in [-0.15, -0.1) is 0 Å². The molecule has 194 valence electrons. The quantitative estimate of drug-likeness (QED) is 0.318. The molecule has 3 aromatic carbocycles. The number of anilines is 1. The minimum atomic E-state index is -1.03. The van der Waals surface area contributed by atoms with E-state index < -0.39 is 23.8 Å². The van der Waals surface area contributed by atoms with Crippen LogP contribution in [-0.4, -0.2) is 57.2 Å². The van der Waals surface area contributed by atoms with Crippen molar-refractivity contribution >= 4 is 23.5 Å². The van der Waals surface area contributed by atoms with E-state index in [1.807, 2.05) is 6.07 Å². The van der Waals surface area contributed by atoms with Crippen molar-refractivity contribution in [1.29, 1.82) is 5.26 Å². The maximum atomic E-state index is 12.9. The summed E-state index contributed by atoms with van der Waals surface area (Å²) in [7, 11) is 4.19. The molecule has 1 atom stereocenters. The second-order valence-corrected chi connectivity index (χ2v) is 8.19. The molecule has 38 heavy (non-hydrogen) atoms.